The topological polar surface area (TPSA) is 0 Å². The highest BCUT2D eigenvalue weighted by Crippen LogP contribution is 2.29. The number of halogens is 4. The van der Waals surface area contributed by atoms with Crippen LogP contribution in [0.25, 0.3) is 0 Å². The number of hydrogen-bond donors (Lipinski definition) is 0. The fourth-order valence-electron chi connectivity index (χ4n) is 1.74. The molecule has 0 aromatic heterocycles. The molecule has 94 valence electrons. The van der Waals surface area contributed by atoms with Crippen molar-refractivity contribution in [3.05, 3.63) is 71.0 Å². The number of rotatable bonds is 3. The Hall–Kier alpha value is -1.29. The molecular formula is C14H10BrF3. The van der Waals surface area contributed by atoms with Crippen molar-refractivity contribution in [2.75, 3.05) is 0 Å². The molecule has 0 bridgehead atoms. The van der Waals surface area contributed by atoms with E-state index in [4.69, 9.17) is 0 Å². The zero-order valence-corrected chi connectivity index (χ0v) is 10.9. The van der Waals surface area contributed by atoms with E-state index in [1.807, 2.05) is 0 Å². The second-order valence-electron chi connectivity index (χ2n) is 3.97. The van der Waals surface area contributed by atoms with Crippen molar-refractivity contribution in [3.63, 3.8) is 0 Å². The van der Waals surface area contributed by atoms with Crippen LogP contribution < -0.4 is 0 Å². The molecule has 2 aromatic carbocycles. The van der Waals surface area contributed by atoms with E-state index in [9.17, 15) is 13.2 Å². The molecule has 0 nitrogen and oxygen atoms in total. The molecule has 0 radical (unpaired) electrons. The van der Waals surface area contributed by atoms with Crippen LogP contribution in [0, 0.1) is 17.5 Å². The van der Waals surface area contributed by atoms with Gasteiger partial charge >= 0.3 is 0 Å². The van der Waals surface area contributed by atoms with Crippen molar-refractivity contribution in [2.24, 2.45) is 0 Å². The summed E-state index contributed by atoms with van der Waals surface area (Å²) in [5.74, 6) is -1.31. The number of benzene rings is 2. The van der Waals surface area contributed by atoms with E-state index in [1.165, 1.54) is 12.1 Å². The normalized spacial score (nSPS) is 12.4. The molecule has 0 fully saturated rings. The van der Waals surface area contributed by atoms with Gasteiger partial charge in [0.25, 0.3) is 0 Å². The summed E-state index contributed by atoms with van der Waals surface area (Å²) in [6.07, 6.45) is 0.387. The maximum Gasteiger partial charge on any atom is 0.127 e. The summed E-state index contributed by atoms with van der Waals surface area (Å²) in [5.41, 5.74) is 0.958. The van der Waals surface area contributed by atoms with Crippen molar-refractivity contribution < 1.29 is 13.2 Å². The molecule has 2 rings (SSSR count). The third-order valence-electron chi connectivity index (χ3n) is 2.60. The molecule has 0 N–H and O–H groups in total. The van der Waals surface area contributed by atoms with E-state index < -0.39 is 16.5 Å². The Balaban J connectivity index is 2.21. The van der Waals surface area contributed by atoms with Crippen molar-refractivity contribution in [1.29, 1.82) is 0 Å². The van der Waals surface area contributed by atoms with Crippen LogP contribution in [0.15, 0.2) is 42.5 Å². The monoisotopic (exact) mass is 314 g/mol. The Morgan fingerprint density at radius 1 is 0.944 bits per heavy atom. The fraction of sp³-hybridized carbons (Fsp3) is 0.143. The van der Waals surface area contributed by atoms with Crippen LogP contribution in [0.5, 0.6) is 0 Å². The summed E-state index contributed by atoms with van der Waals surface area (Å²) in [6, 6.07) is 9.36. The first kappa shape index (κ1) is 13.1. The highest BCUT2D eigenvalue weighted by Gasteiger charge is 2.14. The van der Waals surface area contributed by atoms with Gasteiger partial charge in [-0.1, -0.05) is 28.1 Å². The lowest BCUT2D eigenvalue weighted by Gasteiger charge is -2.11. The van der Waals surface area contributed by atoms with Crippen LogP contribution >= 0.6 is 15.9 Å². The van der Waals surface area contributed by atoms with Gasteiger partial charge < -0.3 is 0 Å². The first-order chi connectivity index (χ1) is 8.56. The Morgan fingerprint density at radius 2 is 1.67 bits per heavy atom. The predicted molar refractivity (Wildman–Crippen MR) is 68.1 cm³/mol. The summed E-state index contributed by atoms with van der Waals surface area (Å²) < 4.78 is 39.6. The first-order valence-corrected chi connectivity index (χ1v) is 6.31. The van der Waals surface area contributed by atoms with E-state index in [-0.39, 0.29) is 11.4 Å². The lowest BCUT2D eigenvalue weighted by molar-refractivity contribution is 0.583. The largest absolute Gasteiger partial charge is 0.207 e. The molecule has 0 aliphatic rings. The molecule has 0 saturated carbocycles. The van der Waals surface area contributed by atoms with Gasteiger partial charge in [-0.25, -0.2) is 13.2 Å². The summed E-state index contributed by atoms with van der Waals surface area (Å²) in [6.45, 7) is 0. The molecule has 0 spiro atoms. The number of alkyl halides is 1. The zero-order valence-electron chi connectivity index (χ0n) is 9.34. The van der Waals surface area contributed by atoms with Crippen LogP contribution in [-0.4, -0.2) is 0 Å². The smallest absolute Gasteiger partial charge is 0.127 e. The molecule has 0 aliphatic carbocycles. The van der Waals surface area contributed by atoms with Crippen LogP contribution in [0.3, 0.4) is 0 Å². The highest BCUT2D eigenvalue weighted by molar-refractivity contribution is 9.09. The van der Waals surface area contributed by atoms with Gasteiger partial charge in [0.1, 0.15) is 17.5 Å². The lowest BCUT2D eigenvalue weighted by Crippen LogP contribution is -1.99. The van der Waals surface area contributed by atoms with E-state index in [0.29, 0.717) is 6.42 Å². The molecule has 0 aliphatic heterocycles. The van der Waals surface area contributed by atoms with E-state index in [0.717, 1.165) is 23.8 Å². The summed E-state index contributed by atoms with van der Waals surface area (Å²) in [4.78, 5) is -0.394. The lowest BCUT2D eigenvalue weighted by atomic mass is 10.0. The van der Waals surface area contributed by atoms with Crippen LogP contribution in [-0.2, 0) is 6.42 Å². The molecule has 1 atom stereocenters. The number of hydrogen-bond acceptors (Lipinski definition) is 0. The van der Waals surface area contributed by atoms with Gasteiger partial charge in [-0.05, 0) is 42.3 Å². The van der Waals surface area contributed by atoms with Gasteiger partial charge in [0.15, 0.2) is 0 Å². The molecule has 0 saturated heterocycles. The third kappa shape index (κ3) is 3.13. The van der Waals surface area contributed by atoms with Crippen LogP contribution in [0.4, 0.5) is 13.2 Å². The minimum Gasteiger partial charge on any atom is -0.207 e. The molecule has 0 amide bonds. The second kappa shape index (κ2) is 5.57. The van der Waals surface area contributed by atoms with Crippen molar-refractivity contribution in [1.82, 2.24) is 0 Å². The zero-order chi connectivity index (χ0) is 13.1. The van der Waals surface area contributed by atoms with Crippen molar-refractivity contribution in [3.8, 4) is 0 Å². The van der Waals surface area contributed by atoms with Crippen LogP contribution in [0.2, 0.25) is 0 Å². The third-order valence-corrected chi connectivity index (χ3v) is 3.42. The second-order valence-corrected chi connectivity index (χ2v) is 5.07. The molecule has 4 heteroatoms. The Morgan fingerprint density at radius 3 is 2.39 bits per heavy atom. The maximum atomic E-state index is 13.5. The van der Waals surface area contributed by atoms with Gasteiger partial charge in [0, 0.05) is 10.4 Å². The van der Waals surface area contributed by atoms with Gasteiger partial charge in [0.05, 0.1) is 0 Å². The Bertz CT molecular complexity index is 554. The molecule has 1 unspecified atom stereocenters. The maximum absolute atomic E-state index is 13.5. The van der Waals surface area contributed by atoms with E-state index in [1.54, 1.807) is 12.1 Å². The average Bonchev–Trinajstić information content (AvgIpc) is 2.32. The van der Waals surface area contributed by atoms with Gasteiger partial charge in [0.2, 0.25) is 0 Å². The summed E-state index contributed by atoms with van der Waals surface area (Å²) >= 11 is 3.30. The van der Waals surface area contributed by atoms with E-state index >= 15 is 0 Å². The summed E-state index contributed by atoms with van der Waals surface area (Å²) in [7, 11) is 0. The molecule has 2 aromatic rings. The predicted octanol–water partition coefficient (Wildman–Crippen LogP) is 4.78. The highest BCUT2D eigenvalue weighted by atomic mass is 79.9. The Labute approximate surface area is 112 Å². The van der Waals surface area contributed by atoms with Crippen LogP contribution in [0.1, 0.15) is 16.0 Å². The quantitative estimate of drug-likeness (QED) is 0.715. The Kier molecular flexibility index (Phi) is 4.07. The fourth-order valence-corrected chi connectivity index (χ4v) is 2.46. The van der Waals surface area contributed by atoms with Crippen molar-refractivity contribution >= 4 is 15.9 Å². The summed E-state index contributed by atoms with van der Waals surface area (Å²) in [5, 5.41) is 0. The van der Waals surface area contributed by atoms with Gasteiger partial charge in [-0.15, -0.1) is 0 Å². The SMILES string of the molecule is Fc1cccc(CC(Br)c2cc(F)ccc2F)c1. The van der Waals surface area contributed by atoms with Gasteiger partial charge in [-0.3, -0.25) is 0 Å². The minimum absolute atomic E-state index is 0.235. The molecule has 18 heavy (non-hydrogen) atoms. The van der Waals surface area contributed by atoms with Crippen molar-refractivity contribution in [2.45, 2.75) is 11.2 Å². The van der Waals surface area contributed by atoms with Gasteiger partial charge in [-0.2, -0.15) is 0 Å². The van der Waals surface area contributed by atoms with E-state index in [2.05, 4.69) is 15.9 Å². The standard InChI is InChI=1S/C14H10BrF3/c15-13(7-9-2-1-3-10(16)6-9)12-8-11(17)4-5-14(12)18/h1-6,8,13H,7H2. The molecular weight excluding hydrogens is 305 g/mol. The molecule has 0 heterocycles. The minimum atomic E-state index is -0.491. The first-order valence-electron chi connectivity index (χ1n) is 5.40. The average molecular weight is 315 g/mol.